The normalized spacial score (nSPS) is 19.3. The summed E-state index contributed by atoms with van der Waals surface area (Å²) in [5, 5.41) is 17.5. The average molecular weight is 488 g/mol. The Labute approximate surface area is 195 Å². The lowest BCUT2D eigenvalue weighted by molar-refractivity contribution is -0.161. The molecule has 1 fully saturated rings. The zero-order valence-corrected chi connectivity index (χ0v) is 19.2. The van der Waals surface area contributed by atoms with Crippen molar-refractivity contribution in [2.45, 2.75) is 38.4 Å². The molecule has 32 heavy (non-hydrogen) atoms. The van der Waals surface area contributed by atoms with Gasteiger partial charge in [0.05, 0.1) is 23.1 Å². The Balaban J connectivity index is 2.06. The average Bonchev–Trinajstić information content (AvgIpc) is 2.72. The molecule has 174 valence electrons. The number of rotatable bonds is 9. The predicted molar refractivity (Wildman–Crippen MR) is 117 cm³/mol. The van der Waals surface area contributed by atoms with Crippen LogP contribution in [-0.2, 0) is 23.7 Å². The Kier molecular flexibility index (Phi) is 9.32. The summed E-state index contributed by atoms with van der Waals surface area (Å²) < 4.78 is 10.7. The fourth-order valence-electron chi connectivity index (χ4n) is 3.14. The van der Waals surface area contributed by atoms with Gasteiger partial charge < -0.3 is 30.4 Å². The van der Waals surface area contributed by atoms with Crippen LogP contribution in [0.1, 0.15) is 30.6 Å². The molecular formula is C19H24BCl2N3O7. The molecule has 2 rings (SSSR count). The number of carboxylic acids is 1. The van der Waals surface area contributed by atoms with Gasteiger partial charge in [0.25, 0.3) is 5.91 Å². The number of amides is 2. The van der Waals surface area contributed by atoms with Crippen molar-refractivity contribution in [2.75, 3.05) is 13.6 Å². The molecule has 0 saturated carbocycles. The van der Waals surface area contributed by atoms with Crippen molar-refractivity contribution in [3.8, 4) is 0 Å². The number of carbonyl (C=O) groups excluding carboxylic acids is 3. The van der Waals surface area contributed by atoms with E-state index >= 15 is 0 Å². The number of aliphatic carboxylic acids is 1. The molecule has 0 aromatic heterocycles. The lowest BCUT2D eigenvalue weighted by Crippen LogP contribution is -2.63. The van der Waals surface area contributed by atoms with Gasteiger partial charge >= 0.3 is 19.1 Å². The van der Waals surface area contributed by atoms with Crippen molar-refractivity contribution in [3.05, 3.63) is 33.8 Å². The van der Waals surface area contributed by atoms with Gasteiger partial charge in [-0.05, 0) is 37.6 Å². The second-order valence-electron chi connectivity index (χ2n) is 7.58. The van der Waals surface area contributed by atoms with E-state index in [9.17, 15) is 24.3 Å². The Morgan fingerprint density at radius 3 is 2.53 bits per heavy atom. The van der Waals surface area contributed by atoms with Crippen molar-refractivity contribution < 1.29 is 33.6 Å². The van der Waals surface area contributed by atoms with Crippen molar-refractivity contribution in [1.29, 1.82) is 0 Å². The van der Waals surface area contributed by atoms with Crippen LogP contribution in [0.3, 0.4) is 0 Å². The summed E-state index contributed by atoms with van der Waals surface area (Å²) in [6.07, 6.45) is -1.16. The smallest absolute Gasteiger partial charge is 0.507 e. The summed E-state index contributed by atoms with van der Waals surface area (Å²) in [5.41, 5.74) is 0.109. The standard InChI is InChI=1S/C19H24BCl2N3O7/c1-9(2)6-13(20-31-16(18(28)29)15(23-3)19(30)32-20)25-14(26)8-24-17(27)11-7-10(21)4-5-12(11)22/h4-5,7,9,13,15-16,23H,6,8H2,1-3H3,(H,24,27)(H,25,26)(H,28,29)/t13-,15+,16+/m0/s1. The maximum Gasteiger partial charge on any atom is 0.552 e. The number of carbonyl (C=O) groups is 4. The van der Waals surface area contributed by atoms with Crippen LogP contribution in [0.2, 0.25) is 10.0 Å². The fraction of sp³-hybridized carbons (Fsp3) is 0.474. The molecule has 0 unspecified atom stereocenters. The highest BCUT2D eigenvalue weighted by Gasteiger charge is 2.49. The maximum absolute atomic E-state index is 12.5. The molecule has 0 aliphatic carbocycles. The lowest BCUT2D eigenvalue weighted by Gasteiger charge is -2.35. The van der Waals surface area contributed by atoms with Crippen LogP contribution >= 0.6 is 23.2 Å². The minimum absolute atomic E-state index is 0.0489. The zero-order chi connectivity index (χ0) is 24.0. The van der Waals surface area contributed by atoms with Gasteiger partial charge in [0.15, 0.2) is 6.10 Å². The molecule has 1 aromatic rings. The van der Waals surface area contributed by atoms with Gasteiger partial charge in [0, 0.05) is 5.02 Å². The Bertz CT molecular complexity index is 886. The topological polar surface area (TPSA) is 143 Å². The molecule has 0 spiro atoms. The Morgan fingerprint density at radius 1 is 1.25 bits per heavy atom. The van der Waals surface area contributed by atoms with Gasteiger partial charge in [-0.3, -0.25) is 14.4 Å². The molecule has 13 heteroatoms. The Morgan fingerprint density at radius 2 is 1.94 bits per heavy atom. The van der Waals surface area contributed by atoms with Crippen LogP contribution in [0.4, 0.5) is 0 Å². The molecule has 1 aromatic carbocycles. The monoisotopic (exact) mass is 487 g/mol. The van der Waals surface area contributed by atoms with Gasteiger partial charge in [0.1, 0.15) is 6.04 Å². The number of nitrogens with one attached hydrogen (secondary N) is 3. The summed E-state index contributed by atoms with van der Waals surface area (Å²) in [7, 11) is 0.103. The molecule has 0 bridgehead atoms. The highest BCUT2D eigenvalue weighted by atomic mass is 35.5. The maximum atomic E-state index is 12.5. The lowest BCUT2D eigenvalue weighted by atomic mass is 9.72. The van der Waals surface area contributed by atoms with E-state index in [-0.39, 0.29) is 16.5 Å². The van der Waals surface area contributed by atoms with E-state index in [1.807, 2.05) is 13.8 Å². The molecule has 10 nitrogen and oxygen atoms in total. The van der Waals surface area contributed by atoms with Crippen molar-refractivity contribution in [2.24, 2.45) is 5.92 Å². The van der Waals surface area contributed by atoms with E-state index in [4.69, 9.17) is 32.5 Å². The fourth-order valence-corrected chi connectivity index (χ4v) is 3.52. The molecule has 1 aliphatic heterocycles. The second kappa shape index (κ2) is 11.5. The molecule has 4 N–H and O–H groups in total. The summed E-state index contributed by atoms with van der Waals surface area (Å²) in [6.45, 7) is 3.34. The van der Waals surface area contributed by atoms with Crippen molar-refractivity contribution in [1.82, 2.24) is 16.0 Å². The first kappa shape index (κ1) is 25.9. The molecular weight excluding hydrogens is 464 g/mol. The van der Waals surface area contributed by atoms with E-state index in [1.165, 1.54) is 25.2 Å². The minimum Gasteiger partial charge on any atom is -0.507 e. The summed E-state index contributed by atoms with van der Waals surface area (Å²) >= 11 is 11.9. The SMILES string of the molecule is CN[C@H]1C(=O)OB([C@H](CC(C)C)NC(=O)CNC(=O)c2cc(Cl)ccc2Cl)O[C@H]1C(=O)O. The van der Waals surface area contributed by atoms with Crippen LogP contribution < -0.4 is 16.0 Å². The largest absolute Gasteiger partial charge is 0.552 e. The van der Waals surface area contributed by atoms with Gasteiger partial charge in [0.2, 0.25) is 5.91 Å². The third kappa shape index (κ3) is 6.83. The minimum atomic E-state index is -1.48. The van der Waals surface area contributed by atoms with E-state index in [0.29, 0.717) is 11.4 Å². The summed E-state index contributed by atoms with van der Waals surface area (Å²) in [4.78, 5) is 48.5. The van der Waals surface area contributed by atoms with Gasteiger partial charge in [-0.15, -0.1) is 0 Å². The molecule has 1 aliphatic rings. The van der Waals surface area contributed by atoms with E-state index in [0.717, 1.165) is 0 Å². The predicted octanol–water partition coefficient (Wildman–Crippen LogP) is 0.896. The number of hydrogen-bond acceptors (Lipinski definition) is 7. The van der Waals surface area contributed by atoms with Gasteiger partial charge in [-0.2, -0.15) is 0 Å². The van der Waals surface area contributed by atoms with Crippen molar-refractivity contribution >= 4 is 54.1 Å². The van der Waals surface area contributed by atoms with E-state index in [2.05, 4.69) is 16.0 Å². The van der Waals surface area contributed by atoms with Gasteiger partial charge in [-0.1, -0.05) is 37.0 Å². The van der Waals surface area contributed by atoms with Crippen LogP contribution in [-0.4, -0.2) is 67.7 Å². The zero-order valence-electron chi connectivity index (χ0n) is 17.7. The second-order valence-corrected chi connectivity index (χ2v) is 8.42. The quantitative estimate of drug-likeness (QED) is 0.376. The molecule has 1 saturated heterocycles. The van der Waals surface area contributed by atoms with Crippen LogP contribution in [0.5, 0.6) is 0 Å². The Hall–Kier alpha value is -2.34. The number of carboxylic acid groups (broad SMARTS) is 1. The highest BCUT2D eigenvalue weighted by Crippen LogP contribution is 2.21. The number of hydrogen-bond donors (Lipinski definition) is 4. The molecule has 1 heterocycles. The third-order valence-corrected chi connectivity index (χ3v) is 5.17. The number of halogens is 2. The van der Waals surface area contributed by atoms with Crippen LogP contribution in [0.15, 0.2) is 18.2 Å². The molecule has 0 radical (unpaired) electrons. The van der Waals surface area contributed by atoms with Crippen LogP contribution in [0, 0.1) is 5.92 Å². The number of likely N-dealkylation sites (N-methyl/N-ethyl adjacent to an activating group) is 1. The first-order valence-corrected chi connectivity index (χ1v) is 10.6. The first-order chi connectivity index (χ1) is 15.0. The molecule has 2 amide bonds. The first-order valence-electron chi connectivity index (χ1n) is 9.82. The van der Waals surface area contributed by atoms with Crippen LogP contribution in [0.25, 0.3) is 0 Å². The third-order valence-electron chi connectivity index (χ3n) is 4.61. The summed E-state index contributed by atoms with van der Waals surface area (Å²) in [5.74, 6) is -4.12. The van der Waals surface area contributed by atoms with Gasteiger partial charge in [-0.25, -0.2) is 4.79 Å². The number of benzene rings is 1. The van der Waals surface area contributed by atoms with E-state index in [1.54, 1.807) is 0 Å². The molecule has 3 atom stereocenters. The summed E-state index contributed by atoms with van der Waals surface area (Å²) in [6, 6.07) is 3.18. The van der Waals surface area contributed by atoms with E-state index < -0.39 is 55.5 Å². The highest BCUT2D eigenvalue weighted by molar-refractivity contribution is 6.50. The van der Waals surface area contributed by atoms with Crippen molar-refractivity contribution in [3.63, 3.8) is 0 Å².